The van der Waals surface area contributed by atoms with Crippen LogP contribution in [0.1, 0.15) is 89.5 Å². The Morgan fingerprint density at radius 3 is 1.89 bits per heavy atom. The second kappa shape index (κ2) is 14.8. The minimum atomic E-state index is -4.99. The molecule has 3 fully saturated rings. The molecule has 46 heavy (non-hydrogen) atoms. The van der Waals surface area contributed by atoms with Gasteiger partial charge in [0.1, 0.15) is 23.2 Å². The van der Waals surface area contributed by atoms with Crippen LogP contribution >= 0.6 is 0 Å². The number of unbranched alkanes of at least 4 members (excludes halogenated alkanes) is 2. The van der Waals surface area contributed by atoms with Gasteiger partial charge in [0.25, 0.3) is 0 Å². The maximum atomic E-state index is 15.1. The molecule has 2 aliphatic carbocycles. The molecule has 2 saturated carbocycles. The summed E-state index contributed by atoms with van der Waals surface area (Å²) in [5.41, 5.74) is -2.96. The van der Waals surface area contributed by atoms with E-state index in [9.17, 15) is 26.3 Å². The molecule has 1 saturated heterocycles. The van der Waals surface area contributed by atoms with E-state index in [4.69, 9.17) is 14.2 Å². The molecule has 2 aromatic rings. The molecule has 1 heterocycles. The predicted molar refractivity (Wildman–Crippen MR) is 157 cm³/mol. The zero-order valence-electron chi connectivity index (χ0n) is 26.0. The van der Waals surface area contributed by atoms with Crippen molar-refractivity contribution in [1.82, 2.24) is 0 Å². The molecule has 256 valence electrons. The molecule has 0 spiro atoms. The van der Waals surface area contributed by atoms with Crippen LogP contribution in [0.4, 0.5) is 35.1 Å². The molecule has 2 aromatic carbocycles. The summed E-state index contributed by atoms with van der Waals surface area (Å²) in [6, 6.07) is 2.46. The van der Waals surface area contributed by atoms with E-state index in [0.29, 0.717) is 68.2 Å². The van der Waals surface area contributed by atoms with Crippen molar-refractivity contribution < 1.29 is 49.3 Å². The highest BCUT2D eigenvalue weighted by Crippen LogP contribution is 2.44. The van der Waals surface area contributed by atoms with Gasteiger partial charge in [-0.05, 0) is 68.1 Å². The van der Waals surface area contributed by atoms with Crippen LogP contribution in [-0.2, 0) is 15.7 Å². The first kappa shape index (κ1) is 34.9. The lowest BCUT2D eigenvalue weighted by molar-refractivity contribution is -0.251. The number of hydrogen-bond acceptors (Lipinski definition) is 3. The van der Waals surface area contributed by atoms with Crippen LogP contribution in [0.5, 0.6) is 5.75 Å². The minimum Gasteiger partial charge on any atom is -0.432 e. The summed E-state index contributed by atoms with van der Waals surface area (Å²) in [6.07, 6.45) is 1.95. The van der Waals surface area contributed by atoms with E-state index >= 15 is 8.78 Å². The molecule has 0 atom stereocenters. The minimum absolute atomic E-state index is 0.0411. The van der Waals surface area contributed by atoms with Crippen molar-refractivity contribution in [3.8, 4) is 16.9 Å². The first-order valence-corrected chi connectivity index (χ1v) is 16.5. The highest BCUT2D eigenvalue weighted by atomic mass is 19.4. The van der Waals surface area contributed by atoms with Crippen molar-refractivity contribution in [2.45, 2.75) is 103 Å². The molecule has 1 aliphatic heterocycles. The topological polar surface area (TPSA) is 27.7 Å². The van der Waals surface area contributed by atoms with Gasteiger partial charge in [-0.25, -0.2) is 13.2 Å². The number of ether oxygens (including phenoxy) is 3. The fourth-order valence-electron chi connectivity index (χ4n) is 7.46. The lowest BCUT2D eigenvalue weighted by Crippen LogP contribution is -2.43. The quantitative estimate of drug-likeness (QED) is 0.187. The van der Waals surface area contributed by atoms with E-state index in [1.54, 1.807) is 0 Å². The molecule has 3 aliphatic rings. The lowest BCUT2D eigenvalue weighted by Gasteiger charge is -2.41. The average molecular weight is 663 g/mol. The van der Waals surface area contributed by atoms with Crippen LogP contribution in [0.15, 0.2) is 30.3 Å². The number of halogens is 8. The van der Waals surface area contributed by atoms with E-state index in [1.807, 2.05) is 0 Å². The van der Waals surface area contributed by atoms with Crippen molar-refractivity contribution in [3.05, 3.63) is 53.3 Å². The fraction of sp³-hybridized carbons (Fsp3) is 0.657. The Morgan fingerprint density at radius 2 is 1.33 bits per heavy atom. The Hall–Kier alpha value is -2.40. The van der Waals surface area contributed by atoms with Crippen molar-refractivity contribution in [2.75, 3.05) is 13.2 Å². The summed E-state index contributed by atoms with van der Waals surface area (Å²) in [7, 11) is 0. The second-order valence-corrected chi connectivity index (χ2v) is 13.3. The predicted octanol–water partition coefficient (Wildman–Crippen LogP) is 10.9. The highest BCUT2D eigenvalue weighted by molar-refractivity contribution is 5.66. The molecular weight excluding hydrogens is 620 g/mol. The fourth-order valence-corrected chi connectivity index (χ4v) is 7.46. The van der Waals surface area contributed by atoms with E-state index < -0.39 is 64.4 Å². The van der Waals surface area contributed by atoms with E-state index in [-0.39, 0.29) is 18.8 Å². The third kappa shape index (κ3) is 8.35. The Balaban J connectivity index is 1.10. The van der Waals surface area contributed by atoms with Gasteiger partial charge in [0, 0.05) is 24.0 Å². The highest BCUT2D eigenvalue weighted by Gasteiger charge is 2.46. The summed E-state index contributed by atoms with van der Waals surface area (Å²) in [6.45, 7) is 3.45. The standard InChI is InChI=1S/C35H42F8O3/c1-2-3-4-5-21-6-8-22(9-7-21)25-19-44-33(45-20-25)23-10-13-26(14-11-23)35(42,43)46-27-17-30(37)32(31(38)18-27)24-12-15-28(29(36)16-24)34(39,40)41/h12,15-18,21-23,25-26,33H,2-11,13-14,19-20H2,1H3. The van der Waals surface area contributed by atoms with E-state index in [0.717, 1.165) is 5.92 Å². The van der Waals surface area contributed by atoms with Gasteiger partial charge in [0.2, 0.25) is 0 Å². The number of hydrogen-bond donors (Lipinski definition) is 0. The maximum absolute atomic E-state index is 15.1. The summed E-state index contributed by atoms with van der Waals surface area (Å²) in [4.78, 5) is 0. The van der Waals surface area contributed by atoms with Crippen LogP contribution < -0.4 is 4.74 Å². The van der Waals surface area contributed by atoms with Crippen molar-refractivity contribution in [3.63, 3.8) is 0 Å². The van der Waals surface area contributed by atoms with Crippen LogP contribution in [0, 0.1) is 47.0 Å². The molecule has 0 amide bonds. The molecular formula is C35H42F8O3. The van der Waals surface area contributed by atoms with Crippen LogP contribution in [0.25, 0.3) is 11.1 Å². The molecule has 0 radical (unpaired) electrons. The van der Waals surface area contributed by atoms with Crippen LogP contribution in [-0.4, -0.2) is 25.6 Å². The van der Waals surface area contributed by atoms with Gasteiger partial charge in [0.05, 0.1) is 30.3 Å². The Bertz CT molecular complexity index is 1270. The van der Waals surface area contributed by atoms with Crippen molar-refractivity contribution in [1.29, 1.82) is 0 Å². The zero-order chi connectivity index (χ0) is 33.1. The molecule has 3 nitrogen and oxygen atoms in total. The summed E-state index contributed by atoms with van der Waals surface area (Å²) in [5.74, 6) is -4.72. The number of alkyl halides is 5. The summed E-state index contributed by atoms with van der Waals surface area (Å²) < 4.78 is 129. The second-order valence-electron chi connectivity index (χ2n) is 13.3. The third-order valence-corrected chi connectivity index (χ3v) is 10.2. The SMILES string of the molecule is CCCCCC1CCC(C2COC(C3CCC(C(F)(F)Oc4cc(F)c(-c5ccc(C(F)(F)F)c(F)c5)c(F)c4)CC3)OC2)CC1. The van der Waals surface area contributed by atoms with Crippen LogP contribution in [0.3, 0.4) is 0 Å². The third-order valence-electron chi connectivity index (χ3n) is 10.2. The van der Waals surface area contributed by atoms with E-state index in [2.05, 4.69) is 6.92 Å². The molecule has 0 N–H and O–H groups in total. The smallest absolute Gasteiger partial charge is 0.419 e. The monoisotopic (exact) mass is 662 g/mol. The molecule has 0 aromatic heterocycles. The van der Waals surface area contributed by atoms with Gasteiger partial charge < -0.3 is 14.2 Å². The first-order valence-electron chi connectivity index (χ1n) is 16.5. The average Bonchev–Trinajstić information content (AvgIpc) is 3.01. The summed E-state index contributed by atoms with van der Waals surface area (Å²) in [5, 5.41) is 0. The number of rotatable bonds is 10. The van der Waals surface area contributed by atoms with Crippen LogP contribution in [0.2, 0.25) is 0 Å². The molecule has 0 unspecified atom stereocenters. The Kier molecular flexibility index (Phi) is 11.2. The Morgan fingerprint density at radius 1 is 0.717 bits per heavy atom. The maximum Gasteiger partial charge on any atom is 0.419 e. The van der Waals surface area contributed by atoms with Crippen molar-refractivity contribution in [2.24, 2.45) is 29.6 Å². The number of benzene rings is 2. The largest absolute Gasteiger partial charge is 0.432 e. The molecule has 11 heteroatoms. The summed E-state index contributed by atoms with van der Waals surface area (Å²) >= 11 is 0. The Labute approximate surface area is 265 Å². The van der Waals surface area contributed by atoms with Gasteiger partial charge in [-0.15, -0.1) is 0 Å². The molecule has 5 rings (SSSR count). The van der Waals surface area contributed by atoms with Gasteiger partial charge in [-0.1, -0.05) is 51.5 Å². The van der Waals surface area contributed by atoms with Gasteiger partial charge in [-0.2, -0.15) is 22.0 Å². The molecule has 0 bridgehead atoms. The van der Waals surface area contributed by atoms with Gasteiger partial charge in [0.15, 0.2) is 6.29 Å². The van der Waals surface area contributed by atoms with Gasteiger partial charge >= 0.3 is 12.3 Å². The normalized spacial score (nSPS) is 27.8. The zero-order valence-corrected chi connectivity index (χ0v) is 26.0. The van der Waals surface area contributed by atoms with Gasteiger partial charge in [-0.3, -0.25) is 0 Å². The first-order chi connectivity index (χ1) is 21.9. The lowest BCUT2D eigenvalue weighted by atomic mass is 9.74. The van der Waals surface area contributed by atoms with Crippen molar-refractivity contribution >= 4 is 0 Å². The van der Waals surface area contributed by atoms with E-state index in [1.165, 1.54) is 51.4 Å².